The van der Waals surface area contributed by atoms with Gasteiger partial charge in [0.25, 0.3) is 0 Å². The summed E-state index contributed by atoms with van der Waals surface area (Å²) in [5, 5.41) is 11.9. The number of rotatable bonds is 8. The molecule has 208 valence electrons. The molecule has 0 amide bonds. The van der Waals surface area contributed by atoms with Crippen molar-refractivity contribution in [3.63, 3.8) is 0 Å². The minimum atomic E-state index is -0.554. The van der Waals surface area contributed by atoms with Crippen molar-refractivity contribution in [1.29, 1.82) is 5.41 Å². The molecule has 0 atom stereocenters. The Labute approximate surface area is 235 Å². The van der Waals surface area contributed by atoms with Crippen LogP contribution < -0.4 is 10.1 Å². The van der Waals surface area contributed by atoms with E-state index in [1.54, 1.807) is 0 Å². The minimum Gasteiger partial charge on any atom is -0.496 e. The molecule has 3 aromatic rings. The third kappa shape index (κ3) is 6.54. The maximum Gasteiger partial charge on any atom is 0.341 e. The van der Waals surface area contributed by atoms with E-state index in [0.29, 0.717) is 11.3 Å². The van der Waals surface area contributed by atoms with Crippen molar-refractivity contribution in [1.82, 2.24) is 0 Å². The van der Waals surface area contributed by atoms with Crippen LogP contribution in [-0.4, -0.2) is 31.7 Å². The number of carbonyl (C=O) groups excluding carboxylic acids is 1. The lowest BCUT2D eigenvalue weighted by Crippen LogP contribution is -2.33. The van der Waals surface area contributed by atoms with Crippen LogP contribution in [0.1, 0.15) is 53.4 Å². The summed E-state index contributed by atoms with van der Waals surface area (Å²) < 4.78 is 25.5. The Balaban J connectivity index is 1.99. The summed E-state index contributed by atoms with van der Waals surface area (Å²) in [6.07, 6.45) is 2.92. The Hall–Kier alpha value is -4.52. The predicted octanol–water partition coefficient (Wildman–Crippen LogP) is 8.25. The van der Waals surface area contributed by atoms with Crippen molar-refractivity contribution in [2.24, 2.45) is 10.4 Å². The van der Waals surface area contributed by atoms with Crippen molar-refractivity contribution in [2.45, 2.75) is 34.6 Å². The Morgan fingerprint density at radius 1 is 1.02 bits per heavy atom. The molecule has 0 spiro atoms. The molecular weight excluding hydrogens is 505 g/mol. The molecule has 7 heteroatoms. The number of carbonyl (C=O) groups is 1. The molecule has 2 N–H and O–H groups in total. The van der Waals surface area contributed by atoms with Crippen LogP contribution in [0.2, 0.25) is 0 Å². The van der Waals surface area contributed by atoms with E-state index in [4.69, 9.17) is 14.9 Å². The molecule has 3 aromatic carbocycles. The third-order valence-corrected chi connectivity index (χ3v) is 6.59. The van der Waals surface area contributed by atoms with Gasteiger partial charge < -0.3 is 14.8 Å². The van der Waals surface area contributed by atoms with Gasteiger partial charge in [-0.25, -0.2) is 9.18 Å². The van der Waals surface area contributed by atoms with Crippen molar-refractivity contribution >= 4 is 35.1 Å². The van der Waals surface area contributed by atoms with Crippen LogP contribution in [0.4, 0.5) is 10.1 Å². The van der Waals surface area contributed by atoms with Gasteiger partial charge in [-0.05, 0) is 65.9 Å². The fourth-order valence-electron chi connectivity index (χ4n) is 4.42. The molecule has 0 aliphatic carbocycles. The highest BCUT2D eigenvalue weighted by molar-refractivity contribution is 6.46. The summed E-state index contributed by atoms with van der Waals surface area (Å²) >= 11 is 0. The topological polar surface area (TPSA) is 83.8 Å². The van der Waals surface area contributed by atoms with Crippen LogP contribution in [0.25, 0.3) is 23.0 Å². The summed E-state index contributed by atoms with van der Waals surface area (Å²) in [6, 6.07) is 16.1. The van der Waals surface area contributed by atoms with Crippen LogP contribution in [0.3, 0.4) is 0 Å². The molecule has 0 heterocycles. The number of hydrogen-bond donors (Lipinski definition) is 2. The molecule has 6 nitrogen and oxygen atoms in total. The van der Waals surface area contributed by atoms with E-state index in [0.717, 1.165) is 27.9 Å². The van der Waals surface area contributed by atoms with Gasteiger partial charge in [-0.15, -0.1) is 0 Å². The SMILES string of the molecule is C=C/N=C(/C(=N)Nc1cccc(-c2cccc(/C=C(\F)c3ccc(C(=O)OC)c(OC)c3)c2C)c1C)C(C)(C)C. The number of methoxy groups -OCH3 is 2. The molecule has 0 bridgehead atoms. The van der Waals surface area contributed by atoms with E-state index in [2.05, 4.69) is 16.9 Å². The Morgan fingerprint density at radius 3 is 2.27 bits per heavy atom. The normalized spacial score (nSPS) is 12.1. The van der Waals surface area contributed by atoms with Gasteiger partial charge in [0.05, 0.1) is 19.9 Å². The monoisotopic (exact) mass is 541 g/mol. The first-order valence-electron chi connectivity index (χ1n) is 12.8. The Morgan fingerprint density at radius 2 is 1.68 bits per heavy atom. The van der Waals surface area contributed by atoms with Crippen molar-refractivity contribution in [3.8, 4) is 16.9 Å². The van der Waals surface area contributed by atoms with Gasteiger partial charge in [-0.2, -0.15) is 0 Å². The molecule has 0 aliphatic heterocycles. The number of ether oxygens (including phenoxy) is 2. The maximum absolute atomic E-state index is 15.4. The van der Waals surface area contributed by atoms with Crippen LogP contribution in [0.5, 0.6) is 5.75 Å². The minimum absolute atomic E-state index is 0.205. The average molecular weight is 542 g/mol. The number of hydrogen-bond acceptors (Lipinski definition) is 5. The third-order valence-electron chi connectivity index (χ3n) is 6.59. The largest absolute Gasteiger partial charge is 0.496 e. The van der Waals surface area contributed by atoms with Crippen LogP contribution in [-0.2, 0) is 4.74 Å². The molecule has 0 fully saturated rings. The molecule has 3 rings (SSSR count). The number of aliphatic imine (C=N–C) groups is 1. The number of nitrogens with zero attached hydrogens (tertiary/aromatic N) is 1. The van der Waals surface area contributed by atoms with Crippen LogP contribution in [0.15, 0.2) is 72.4 Å². The van der Waals surface area contributed by atoms with Crippen molar-refractivity contribution in [2.75, 3.05) is 19.5 Å². The van der Waals surface area contributed by atoms with Gasteiger partial charge in [-0.3, -0.25) is 10.4 Å². The second-order valence-electron chi connectivity index (χ2n) is 10.3. The van der Waals surface area contributed by atoms with Crippen LogP contribution in [0, 0.1) is 24.7 Å². The maximum atomic E-state index is 15.4. The summed E-state index contributed by atoms with van der Waals surface area (Å²) in [5.41, 5.74) is 6.03. The second kappa shape index (κ2) is 12.6. The van der Waals surface area contributed by atoms with Gasteiger partial charge in [0.15, 0.2) is 0 Å². The number of esters is 1. The Kier molecular flexibility index (Phi) is 9.43. The van der Waals surface area contributed by atoms with E-state index >= 15 is 4.39 Å². The first kappa shape index (κ1) is 30.0. The summed E-state index contributed by atoms with van der Waals surface area (Å²) in [4.78, 5) is 16.3. The first-order chi connectivity index (χ1) is 18.9. The lowest BCUT2D eigenvalue weighted by molar-refractivity contribution is 0.0597. The summed E-state index contributed by atoms with van der Waals surface area (Å²) in [6.45, 7) is 13.6. The van der Waals surface area contributed by atoms with E-state index in [1.807, 2.05) is 71.0 Å². The van der Waals surface area contributed by atoms with E-state index in [1.165, 1.54) is 44.7 Å². The highest BCUT2D eigenvalue weighted by Gasteiger charge is 2.23. The Bertz CT molecular complexity index is 1510. The number of anilines is 1. The van der Waals surface area contributed by atoms with Gasteiger partial charge in [-0.1, -0.05) is 63.7 Å². The summed E-state index contributed by atoms with van der Waals surface area (Å²) in [7, 11) is 2.70. The lowest BCUT2D eigenvalue weighted by Gasteiger charge is -2.23. The average Bonchev–Trinajstić information content (AvgIpc) is 2.92. The number of amidine groups is 1. The highest BCUT2D eigenvalue weighted by atomic mass is 19.1. The first-order valence-corrected chi connectivity index (χ1v) is 12.8. The predicted molar refractivity (Wildman–Crippen MR) is 163 cm³/mol. The van der Waals surface area contributed by atoms with Gasteiger partial charge >= 0.3 is 5.97 Å². The standard InChI is InChI=1S/C33H36FN3O3/c1-9-36-30(33(4,5)6)31(35)37-28-15-11-14-25(21(28)3)24-13-10-12-22(20(24)2)18-27(34)23-16-17-26(32(38)40-8)29(19-23)39-7/h9-19H,1H2,2-8H3,(H2,35,37)/b27-18-,36-30-. The summed E-state index contributed by atoms with van der Waals surface area (Å²) in [5.74, 6) is -0.582. The molecule has 0 saturated heterocycles. The fourth-order valence-corrected chi connectivity index (χ4v) is 4.42. The fraction of sp³-hybridized carbons (Fsp3) is 0.242. The van der Waals surface area contributed by atoms with Crippen molar-refractivity contribution < 1.29 is 18.7 Å². The molecule has 0 unspecified atom stereocenters. The lowest BCUT2D eigenvalue weighted by atomic mass is 9.88. The smallest absolute Gasteiger partial charge is 0.341 e. The highest BCUT2D eigenvalue weighted by Crippen LogP contribution is 2.34. The molecule has 0 aromatic heterocycles. The second-order valence-corrected chi connectivity index (χ2v) is 10.3. The zero-order valence-electron chi connectivity index (χ0n) is 24.1. The van der Waals surface area contributed by atoms with E-state index in [-0.39, 0.29) is 28.1 Å². The zero-order chi connectivity index (χ0) is 29.6. The zero-order valence-corrected chi connectivity index (χ0v) is 24.1. The number of benzene rings is 3. The molecule has 0 radical (unpaired) electrons. The quantitative estimate of drug-likeness (QED) is 0.130. The molecule has 0 aliphatic rings. The molecule has 0 saturated carbocycles. The molecular formula is C33H36FN3O3. The van der Waals surface area contributed by atoms with Crippen LogP contribution >= 0.6 is 0 Å². The van der Waals surface area contributed by atoms with E-state index < -0.39 is 11.8 Å². The van der Waals surface area contributed by atoms with Gasteiger partial charge in [0, 0.05) is 22.9 Å². The molecule has 40 heavy (non-hydrogen) atoms. The van der Waals surface area contributed by atoms with Gasteiger partial charge in [0.1, 0.15) is 23.0 Å². The number of halogens is 1. The van der Waals surface area contributed by atoms with Gasteiger partial charge in [0.2, 0.25) is 0 Å². The number of nitrogens with one attached hydrogen (secondary N) is 2. The van der Waals surface area contributed by atoms with E-state index in [9.17, 15) is 4.79 Å². The van der Waals surface area contributed by atoms with Crippen molar-refractivity contribution in [3.05, 3.63) is 95.2 Å².